The fraction of sp³-hybridized carbons (Fsp3) is 0.433. The van der Waals surface area contributed by atoms with Crippen LogP contribution in [0.15, 0.2) is 85.1 Å². The summed E-state index contributed by atoms with van der Waals surface area (Å²) in [5, 5.41) is 0. The van der Waals surface area contributed by atoms with Crippen molar-refractivity contribution in [2.45, 2.75) is 71.6 Å². The molecule has 218 valence electrons. The maximum absolute atomic E-state index is 9.19. The average molecular weight is 579 g/mol. The molecule has 0 spiro atoms. The maximum Gasteiger partial charge on any atom is 0.261 e. The Hall–Kier alpha value is -2.43. The van der Waals surface area contributed by atoms with Crippen LogP contribution >= 0.6 is 0 Å². The van der Waals surface area contributed by atoms with Crippen molar-refractivity contribution in [3.05, 3.63) is 102 Å². The summed E-state index contributed by atoms with van der Waals surface area (Å²) in [5.41, 5.74) is 4.19. The van der Waals surface area contributed by atoms with Gasteiger partial charge in [0.05, 0.1) is 6.26 Å². The van der Waals surface area contributed by atoms with Crippen molar-refractivity contribution in [2.24, 2.45) is 5.92 Å². The van der Waals surface area contributed by atoms with Gasteiger partial charge in [-0.15, -0.1) is 11.4 Å². The van der Waals surface area contributed by atoms with Crippen LogP contribution in [0.4, 0.5) is 0 Å². The van der Waals surface area contributed by atoms with E-state index in [0.29, 0.717) is 24.0 Å². The molecule has 1 heterocycles. The Morgan fingerprint density at radius 3 is 1.41 bits per heavy atom. The Balaban J connectivity index is 0.000000855. The van der Waals surface area contributed by atoms with Crippen molar-refractivity contribution >= 4 is 21.5 Å². The third-order valence-corrected chi connectivity index (χ3v) is 6.00. The predicted octanol–water partition coefficient (Wildman–Crippen LogP) is 6.52. The summed E-state index contributed by atoms with van der Waals surface area (Å²) >= 11 is -3.11. The average Bonchev–Trinajstić information content (AvgIpc) is 2.89. The molecule has 7 nitrogen and oxygen atoms in total. The number of hydrogen-bond donors (Lipinski definition) is 1. The summed E-state index contributed by atoms with van der Waals surface area (Å²) in [6.07, 6.45) is 6.37. The summed E-state index contributed by atoms with van der Waals surface area (Å²) in [4.78, 5) is 3.48. The molecule has 0 aliphatic carbocycles. The van der Waals surface area contributed by atoms with E-state index in [1.165, 1.54) is 23.2 Å². The minimum absolute atomic E-state index is 0.520. The van der Waals surface area contributed by atoms with Crippen molar-refractivity contribution in [3.63, 3.8) is 0 Å². The molecule has 2 unspecified atom stereocenters. The highest BCUT2D eigenvalue weighted by Crippen LogP contribution is 2.35. The molecule has 0 bridgehead atoms. The number of hydrogen-bond acceptors (Lipinski definition) is 5. The molecule has 1 aromatic heterocycles. The number of rotatable bonds is 8. The van der Waals surface area contributed by atoms with Crippen LogP contribution in [0.1, 0.15) is 88.5 Å². The van der Waals surface area contributed by atoms with Gasteiger partial charge in [0.15, 0.2) is 11.9 Å². The van der Waals surface area contributed by atoms with Gasteiger partial charge in [0, 0.05) is 18.1 Å². The lowest BCUT2D eigenvalue weighted by molar-refractivity contribution is -0.393. The number of aromatic amines is 1. The minimum atomic E-state index is -3.67. The molecule has 0 fully saturated rings. The fourth-order valence-electron chi connectivity index (χ4n) is 3.70. The molecule has 0 aliphatic rings. The van der Waals surface area contributed by atoms with Crippen LogP contribution in [-0.4, -0.2) is 32.5 Å². The zero-order valence-electron chi connectivity index (χ0n) is 23.8. The van der Waals surface area contributed by atoms with Gasteiger partial charge in [0.25, 0.3) is 10.1 Å². The molecule has 3 rings (SSSR count). The Labute approximate surface area is 238 Å². The van der Waals surface area contributed by atoms with Gasteiger partial charge in [-0.2, -0.15) is 8.42 Å². The van der Waals surface area contributed by atoms with E-state index in [1.807, 2.05) is 6.20 Å². The monoisotopic (exact) mass is 578 g/mol. The van der Waals surface area contributed by atoms with E-state index < -0.39 is 21.5 Å². The quantitative estimate of drug-likeness (QED) is 0.239. The zero-order chi connectivity index (χ0) is 29.8. The Morgan fingerprint density at radius 1 is 0.795 bits per heavy atom. The van der Waals surface area contributed by atoms with E-state index in [2.05, 4.69) is 118 Å². The molecule has 0 amide bonds. The van der Waals surface area contributed by atoms with Gasteiger partial charge < -0.3 is 9.11 Å². The lowest BCUT2D eigenvalue weighted by Gasteiger charge is -2.22. The van der Waals surface area contributed by atoms with Crippen LogP contribution in [0.3, 0.4) is 0 Å². The normalized spacial score (nSPS) is 13.0. The SMILES string of the molecule is CC(CC(CC(C)c1ccccc1)c1cccc[nH+]1)c1ccccc1.CCC(C)C.CS(=O)(=O)O.O=S([O-])[O-]. The van der Waals surface area contributed by atoms with Crippen molar-refractivity contribution < 1.29 is 31.3 Å². The van der Waals surface area contributed by atoms with E-state index in [1.54, 1.807) is 0 Å². The van der Waals surface area contributed by atoms with E-state index in [9.17, 15) is 8.42 Å². The summed E-state index contributed by atoms with van der Waals surface area (Å²) in [6.45, 7) is 11.3. The molecule has 0 saturated heterocycles. The second-order valence-corrected chi connectivity index (χ2v) is 11.7. The fourth-order valence-corrected chi connectivity index (χ4v) is 3.70. The summed E-state index contributed by atoms with van der Waals surface area (Å²) < 4.78 is 51.2. The predicted molar refractivity (Wildman–Crippen MR) is 157 cm³/mol. The summed E-state index contributed by atoms with van der Waals surface area (Å²) in [5.74, 6) is 2.49. The molecule has 0 aliphatic heterocycles. The molecule has 0 saturated carbocycles. The third kappa shape index (κ3) is 21.1. The smallest absolute Gasteiger partial charge is 0.261 e. The van der Waals surface area contributed by atoms with Crippen LogP contribution in [0.25, 0.3) is 0 Å². The van der Waals surface area contributed by atoms with Crippen molar-refractivity contribution in [3.8, 4) is 0 Å². The van der Waals surface area contributed by atoms with Crippen molar-refractivity contribution in [2.75, 3.05) is 6.26 Å². The molecule has 2 atom stereocenters. The largest absolute Gasteiger partial charge is 0.784 e. The second-order valence-electron chi connectivity index (χ2n) is 9.85. The number of benzene rings is 2. The highest BCUT2D eigenvalue weighted by Gasteiger charge is 2.24. The summed E-state index contributed by atoms with van der Waals surface area (Å²) in [6, 6.07) is 28.2. The standard InChI is InChI=1S/C24H27N.C5H12.CH4O3S.H2O3S/c1-19(21-11-5-3-6-12-21)17-23(24-15-9-10-16-25-24)18-20(2)22-13-7-4-8-14-22;1-4-5(2)3;1-5(2,3)4;1-4(2)3/h3-16,19-20,23H,17-18H2,1-2H3;5H,4H2,1-3H3;1H3,(H,2,3,4);(H2,1,2,3)/p-1. The van der Waals surface area contributed by atoms with Gasteiger partial charge in [0.2, 0.25) is 0 Å². The van der Waals surface area contributed by atoms with Gasteiger partial charge in [-0.05, 0) is 41.7 Å². The highest BCUT2D eigenvalue weighted by atomic mass is 32.2. The highest BCUT2D eigenvalue weighted by molar-refractivity contribution is 7.85. The first-order valence-electron chi connectivity index (χ1n) is 13.0. The molecule has 39 heavy (non-hydrogen) atoms. The van der Waals surface area contributed by atoms with Crippen molar-refractivity contribution in [1.82, 2.24) is 0 Å². The summed E-state index contributed by atoms with van der Waals surface area (Å²) in [7, 11) is -3.67. The van der Waals surface area contributed by atoms with Gasteiger partial charge in [0.1, 0.15) is 0 Å². The lowest BCUT2D eigenvalue weighted by Crippen LogP contribution is -2.18. The molecule has 3 aromatic rings. The topological polar surface area (TPSA) is 132 Å². The van der Waals surface area contributed by atoms with Crippen LogP contribution in [-0.2, 0) is 21.5 Å². The van der Waals surface area contributed by atoms with Gasteiger partial charge >= 0.3 is 0 Å². The Bertz CT molecular complexity index is 1070. The van der Waals surface area contributed by atoms with E-state index in [4.69, 9.17) is 17.9 Å². The minimum Gasteiger partial charge on any atom is -0.784 e. The Morgan fingerprint density at radius 2 is 1.13 bits per heavy atom. The van der Waals surface area contributed by atoms with Gasteiger partial charge in [-0.1, -0.05) is 108 Å². The van der Waals surface area contributed by atoms with Gasteiger partial charge in [-0.3, -0.25) is 8.76 Å². The number of H-pyrrole nitrogens is 1. The first kappa shape index (κ1) is 36.6. The molecular weight excluding hydrogens is 534 g/mol. The van der Waals surface area contributed by atoms with Crippen molar-refractivity contribution in [1.29, 1.82) is 0 Å². The molecule has 2 aromatic carbocycles. The maximum atomic E-state index is 9.19. The van der Waals surface area contributed by atoms with Crippen LogP contribution < -0.4 is 4.98 Å². The lowest BCUT2D eigenvalue weighted by atomic mass is 9.81. The van der Waals surface area contributed by atoms with Crippen LogP contribution in [0.5, 0.6) is 0 Å². The van der Waals surface area contributed by atoms with Gasteiger partial charge in [-0.25, -0.2) is 4.98 Å². The molecule has 0 radical (unpaired) electrons. The number of pyridine rings is 1. The number of nitrogens with one attached hydrogen (secondary N) is 1. The molecule has 2 N–H and O–H groups in total. The zero-order valence-corrected chi connectivity index (χ0v) is 25.5. The third-order valence-electron chi connectivity index (χ3n) is 6.00. The molecular formula is C30H44NO6S2-. The van der Waals surface area contributed by atoms with E-state index in [0.717, 1.165) is 18.8 Å². The van der Waals surface area contributed by atoms with E-state index >= 15 is 0 Å². The second kappa shape index (κ2) is 20.5. The van der Waals surface area contributed by atoms with E-state index in [-0.39, 0.29) is 0 Å². The van der Waals surface area contributed by atoms with Crippen LogP contribution in [0.2, 0.25) is 0 Å². The first-order chi connectivity index (χ1) is 18.2. The number of aromatic nitrogens is 1. The molecule has 9 heteroatoms. The Kier molecular flexibility index (Phi) is 19.2. The first-order valence-corrected chi connectivity index (χ1v) is 15.8. The van der Waals surface area contributed by atoms with Crippen LogP contribution in [0, 0.1) is 5.92 Å².